The maximum Gasteiger partial charge on any atom is 1.00 e. The van der Waals surface area contributed by atoms with Gasteiger partial charge in [0.25, 0.3) is 5.69 Å². The van der Waals surface area contributed by atoms with Gasteiger partial charge >= 0.3 is 65.1 Å². The minimum atomic E-state index is -1.71. The summed E-state index contributed by atoms with van der Waals surface area (Å²) in [5.41, 5.74) is -0.587. The number of aliphatic carboxylic acids is 1. The van der Waals surface area contributed by atoms with Crippen LogP contribution in [0.15, 0.2) is 59.2 Å². The van der Waals surface area contributed by atoms with E-state index in [0.29, 0.717) is 0 Å². The van der Waals surface area contributed by atoms with E-state index in [4.69, 9.17) is 11.6 Å². The topological polar surface area (TPSA) is 161 Å². The fourth-order valence-corrected chi connectivity index (χ4v) is 3.71. The maximum atomic E-state index is 12.3. The van der Waals surface area contributed by atoms with Gasteiger partial charge in [0.05, 0.1) is 15.9 Å². The molecule has 35 heavy (non-hydrogen) atoms. The number of non-ortho nitro benzene ring substituents is 1. The van der Waals surface area contributed by atoms with Crippen molar-refractivity contribution in [3.63, 3.8) is 0 Å². The van der Waals surface area contributed by atoms with Gasteiger partial charge in [-0.3, -0.25) is 14.9 Å². The maximum absolute atomic E-state index is 12.3. The summed E-state index contributed by atoms with van der Waals surface area (Å²) in [5.74, 6) is -4.65. The Hall–Kier alpha value is -2.24. The number of carbonyl (C=O) groups is 3. The van der Waals surface area contributed by atoms with Gasteiger partial charge in [-0.25, -0.2) is 4.79 Å². The number of benzene rings is 2. The zero-order valence-corrected chi connectivity index (χ0v) is 23.9. The van der Waals surface area contributed by atoms with Crippen molar-refractivity contribution in [3.8, 4) is 5.75 Å². The number of hydrogen-bond acceptors (Lipinski definition) is 7. The van der Waals surface area contributed by atoms with E-state index in [9.17, 15) is 39.8 Å². The Labute approximate surface area is 248 Å². The molecule has 1 N–H and O–H groups in total. The van der Waals surface area contributed by atoms with Crippen molar-refractivity contribution in [2.75, 3.05) is 0 Å². The molecule has 3 rings (SSSR count). The van der Waals surface area contributed by atoms with Gasteiger partial charge in [0.1, 0.15) is 5.57 Å². The number of Topliss-reactive ketones (excluding diaryl/α,β-unsaturated/α-hetero) is 1. The number of ketones is 1. The fourth-order valence-electron chi connectivity index (χ4n) is 3.45. The van der Waals surface area contributed by atoms with Gasteiger partial charge < -0.3 is 20.1 Å². The summed E-state index contributed by atoms with van der Waals surface area (Å²) < 4.78 is 0. The molecule has 0 radical (unpaired) electrons. The number of nitro groups is 1. The van der Waals surface area contributed by atoms with E-state index < -0.39 is 39.5 Å². The van der Waals surface area contributed by atoms with Crippen LogP contribution in [0, 0.1) is 17.0 Å². The molecule has 0 saturated heterocycles. The molecule has 12 heteroatoms. The predicted octanol–water partition coefficient (Wildman–Crippen LogP) is -3.66. The molecule has 0 saturated carbocycles. The summed E-state index contributed by atoms with van der Waals surface area (Å²) in [6.07, 6.45) is 2.49. The third-order valence-corrected chi connectivity index (χ3v) is 5.32. The third-order valence-electron chi connectivity index (χ3n) is 5.01. The van der Waals surface area contributed by atoms with Crippen molar-refractivity contribution in [1.82, 2.24) is 0 Å². The smallest absolute Gasteiger partial charge is 0.872 e. The number of aryl methyl sites for hydroxylation is 1. The van der Waals surface area contributed by atoms with Gasteiger partial charge in [-0.1, -0.05) is 29.0 Å². The molecule has 2 aromatic rings. The molecule has 0 spiro atoms. The molecule has 0 aliphatic heterocycles. The molecule has 2 aromatic carbocycles. The fraction of sp³-hybridized carbons (Fsp3) is 0.0870. The predicted molar refractivity (Wildman–Crippen MR) is 114 cm³/mol. The second kappa shape index (κ2) is 12.1. The van der Waals surface area contributed by atoms with E-state index in [-0.39, 0.29) is 103 Å². The summed E-state index contributed by atoms with van der Waals surface area (Å²) in [7, 11) is 0. The van der Waals surface area contributed by atoms with Crippen molar-refractivity contribution in [1.29, 1.82) is 0 Å². The van der Waals surface area contributed by atoms with Crippen LogP contribution in [0.3, 0.4) is 0 Å². The van der Waals surface area contributed by atoms with E-state index in [1.807, 2.05) is 0 Å². The molecule has 0 bridgehead atoms. The number of aromatic carboxylic acids is 1. The van der Waals surface area contributed by atoms with E-state index in [2.05, 4.69) is 0 Å². The van der Waals surface area contributed by atoms with Gasteiger partial charge in [0.2, 0.25) is 0 Å². The number of nitro benzene ring substituents is 1. The summed E-state index contributed by atoms with van der Waals surface area (Å²) in [5, 5.41) is 44.2. The summed E-state index contributed by atoms with van der Waals surface area (Å²) >= 11 is 6.32. The monoisotopic (exact) mass is 513 g/mol. The van der Waals surface area contributed by atoms with Gasteiger partial charge in [-0.15, -0.1) is 0 Å². The number of allylic oxidation sites excluding steroid dienone is 4. The Morgan fingerprint density at radius 2 is 1.66 bits per heavy atom. The number of rotatable bonds is 5. The van der Waals surface area contributed by atoms with Crippen molar-refractivity contribution in [3.05, 3.63) is 96.6 Å². The standard InChI is InChI=1S/C23H16ClNO8.2Na/c1-10-5-12(7-16(20(10)26)22(28)29)19(15-4-3-14(25(32)33)9-18(15)24)13-6-11(2)21(27)17(8-13)23(30)31;;/h3-9,26H,1-2H3,(H,28,29)(H,30,31);;/q;2*+1/p-2. The molecule has 0 amide bonds. The van der Waals surface area contributed by atoms with Crippen molar-refractivity contribution >= 4 is 40.6 Å². The third kappa shape index (κ3) is 6.31. The first kappa shape index (κ1) is 30.8. The van der Waals surface area contributed by atoms with E-state index in [1.165, 1.54) is 38.1 Å². The molecule has 1 aliphatic rings. The molecule has 1 aliphatic carbocycles. The minimum Gasteiger partial charge on any atom is -0.872 e. The van der Waals surface area contributed by atoms with Gasteiger partial charge in [-0.2, -0.15) is 0 Å². The number of hydrogen-bond donors (Lipinski definition) is 1. The van der Waals surface area contributed by atoms with Crippen LogP contribution in [0.4, 0.5) is 5.69 Å². The van der Waals surface area contributed by atoms with Crippen molar-refractivity contribution < 1.29 is 93.7 Å². The van der Waals surface area contributed by atoms with Crippen LogP contribution in [0.5, 0.6) is 5.75 Å². The summed E-state index contributed by atoms with van der Waals surface area (Å²) in [6.45, 7) is 2.80. The van der Waals surface area contributed by atoms with Crippen molar-refractivity contribution in [2.24, 2.45) is 0 Å². The number of halogens is 1. The normalized spacial score (nSPS) is 14.1. The molecule has 9 nitrogen and oxygen atoms in total. The molecule has 0 aromatic heterocycles. The van der Waals surface area contributed by atoms with Crippen molar-refractivity contribution in [2.45, 2.75) is 13.8 Å². The molecular formula is C23H14ClNNa2O8. The first-order valence-corrected chi connectivity index (χ1v) is 9.70. The largest absolute Gasteiger partial charge is 1.00 e. The van der Waals surface area contributed by atoms with Crippen LogP contribution in [0.1, 0.15) is 34.0 Å². The first-order valence-electron chi connectivity index (χ1n) is 9.32. The Kier molecular flexibility index (Phi) is 10.7. The Bertz CT molecular complexity index is 1360. The SMILES string of the molecule is CC1=CC(=C(c2cc(C)c([O-])c(C(=O)[O-])c2)c2ccc([N+](=O)[O-])cc2Cl)C=C(C(=O)O)C1=O.[Na+].[Na+]. The second-order valence-electron chi connectivity index (χ2n) is 7.23. The first-order chi connectivity index (χ1) is 15.4. The zero-order chi connectivity index (χ0) is 24.6. The van der Waals surface area contributed by atoms with Crippen LogP contribution in [-0.4, -0.2) is 27.8 Å². The Morgan fingerprint density at radius 1 is 1.03 bits per heavy atom. The van der Waals surface area contributed by atoms with E-state index >= 15 is 0 Å². The van der Waals surface area contributed by atoms with Crippen LogP contribution in [-0.2, 0) is 9.59 Å². The average Bonchev–Trinajstić information content (AvgIpc) is 2.73. The second-order valence-corrected chi connectivity index (χ2v) is 7.64. The molecule has 0 unspecified atom stereocenters. The van der Waals surface area contributed by atoms with Gasteiger partial charge in [-0.05, 0) is 66.0 Å². The Balaban J connectivity index is 0.00000306. The molecule has 0 heterocycles. The van der Waals surface area contributed by atoms with Crippen LogP contribution < -0.4 is 69.3 Å². The average molecular weight is 514 g/mol. The zero-order valence-electron chi connectivity index (χ0n) is 19.2. The van der Waals surface area contributed by atoms with Gasteiger partial charge in [0.15, 0.2) is 5.78 Å². The van der Waals surface area contributed by atoms with Crippen LogP contribution in [0.2, 0.25) is 5.02 Å². The van der Waals surface area contributed by atoms with Crippen LogP contribution >= 0.6 is 11.6 Å². The van der Waals surface area contributed by atoms with Crippen LogP contribution in [0.25, 0.3) is 5.57 Å². The molecule has 0 fully saturated rings. The number of carboxylic acids is 2. The van der Waals surface area contributed by atoms with E-state index in [1.54, 1.807) is 0 Å². The molecular weight excluding hydrogens is 500 g/mol. The molecule has 0 atom stereocenters. The number of carboxylic acid groups (broad SMARTS) is 2. The summed E-state index contributed by atoms with van der Waals surface area (Å²) in [4.78, 5) is 45.8. The number of nitrogens with zero attached hydrogens (tertiary/aromatic N) is 1. The quantitative estimate of drug-likeness (QED) is 0.185. The Morgan fingerprint density at radius 3 is 2.17 bits per heavy atom. The molecule has 168 valence electrons. The number of carbonyl (C=O) groups excluding carboxylic acids is 2. The minimum absolute atomic E-state index is 0. The summed E-state index contributed by atoms with van der Waals surface area (Å²) in [6, 6.07) is 6.00. The van der Waals surface area contributed by atoms with Gasteiger partial charge in [0, 0.05) is 17.7 Å². The van der Waals surface area contributed by atoms with E-state index in [0.717, 1.165) is 18.2 Å².